The summed E-state index contributed by atoms with van der Waals surface area (Å²) in [5.41, 5.74) is 0. The number of aliphatic hydroxyl groups excluding tert-OH is 3. The van der Waals surface area contributed by atoms with Crippen molar-refractivity contribution in [3.05, 3.63) is 134 Å². The molecule has 0 aromatic carbocycles. The van der Waals surface area contributed by atoms with Crippen LogP contribution in [0.2, 0.25) is 0 Å². The Hall–Kier alpha value is -3.76. The van der Waals surface area contributed by atoms with E-state index in [-0.39, 0.29) is 19.6 Å². The average molecular weight is 971 g/mol. The first-order chi connectivity index (χ1) is 33.1. The number of rotatable bonds is 41. The monoisotopic (exact) mass is 971 g/mol. The van der Waals surface area contributed by atoms with Crippen LogP contribution in [0.25, 0.3) is 0 Å². The number of hydrogen-bond acceptors (Lipinski definition) is 11. The van der Waals surface area contributed by atoms with Crippen LogP contribution in [0.1, 0.15) is 142 Å². The fraction of sp³-hybridized carbons (Fsp3) is 0.582. The van der Waals surface area contributed by atoms with Gasteiger partial charge in [0.05, 0.1) is 19.8 Å². The molecule has 0 spiro atoms. The first-order valence-electron chi connectivity index (χ1n) is 24.9. The van der Waals surface area contributed by atoms with Crippen molar-refractivity contribution in [2.24, 2.45) is 0 Å². The van der Waals surface area contributed by atoms with Gasteiger partial charge in [-0.1, -0.05) is 160 Å². The summed E-state index contributed by atoms with van der Waals surface area (Å²) in [7, 11) is -5.08. The summed E-state index contributed by atoms with van der Waals surface area (Å²) < 4.78 is 59.1. The van der Waals surface area contributed by atoms with Gasteiger partial charge in [0.1, 0.15) is 30.5 Å². The second-order valence-corrected chi connectivity index (χ2v) is 17.3. The second kappa shape index (κ2) is 44.4. The molecule has 0 saturated carbocycles. The lowest BCUT2D eigenvalue weighted by atomic mass is 9.99. The smallest absolute Gasteiger partial charge is 0.397 e. The summed E-state index contributed by atoms with van der Waals surface area (Å²) in [6.45, 7) is 3.61. The number of carbonyl (C=O) groups excluding carboxylic acids is 1. The van der Waals surface area contributed by atoms with Crippen molar-refractivity contribution in [2.75, 3.05) is 26.4 Å². The Labute approximate surface area is 410 Å². The Morgan fingerprint density at radius 3 is 1.40 bits per heavy atom. The molecule has 0 amide bonds. The lowest BCUT2D eigenvalue weighted by molar-refractivity contribution is -0.301. The SMILES string of the molecule is CC/C=C\C/C=C\C/C=C\C/C=C\C/C=C\C/C=C\CCCCC(=O)OC(COCCCCCC/C=C\C/C=C\C/C=C\C/C=C\C/C=C\CC)COC1OC(CO)C(O)C(OS(=O)(=O)O)C1O. The molecule has 0 radical (unpaired) electrons. The van der Waals surface area contributed by atoms with E-state index in [1.165, 1.54) is 0 Å². The van der Waals surface area contributed by atoms with Crippen LogP contribution < -0.4 is 0 Å². The van der Waals surface area contributed by atoms with Gasteiger partial charge in [0.15, 0.2) is 6.29 Å². The predicted molar refractivity (Wildman–Crippen MR) is 275 cm³/mol. The van der Waals surface area contributed by atoms with E-state index >= 15 is 0 Å². The van der Waals surface area contributed by atoms with Crippen LogP contribution in [-0.4, -0.2) is 97.5 Å². The molecule has 12 nitrogen and oxygen atoms in total. The third-order valence-corrected chi connectivity index (χ3v) is 10.7. The summed E-state index contributed by atoms with van der Waals surface area (Å²) in [5.74, 6) is -0.457. The molecule has 0 bridgehead atoms. The Morgan fingerprint density at radius 1 is 0.559 bits per heavy atom. The van der Waals surface area contributed by atoms with E-state index < -0.39 is 59.8 Å². The summed E-state index contributed by atoms with van der Waals surface area (Å²) in [6.07, 6.45) is 56.2. The highest BCUT2D eigenvalue weighted by Crippen LogP contribution is 2.26. The number of allylic oxidation sites excluding steroid dienone is 22. The first kappa shape index (κ1) is 62.3. The van der Waals surface area contributed by atoms with Crippen molar-refractivity contribution in [3.63, 3.8) is 0 Å². The zero-order valence-corrected chi connectivity index (χ0v) is 41.9. The van der Waals surface area contributed by atoms with Gasteiger partial charge in [0, 0.05) is 13.0 Å². The Bertz CT molecular complexity index is 1690. The highest BCUT2D eigenvalue weighted by molar-refractivity contribution is 7.80. The molecule has 6 unspecified atom stereocenters. The minimum absolute atomic E-state index is 0.00979. The molecule has 0 aromatic heterocycles. The minimum Gasteiger partial charge on any atom is -0.457 e. The van der Waals surface area contributed by atoms with Crippen LogP contribution in [0.4, 0.5) is 0 Å². The van der Waals surface area contributed by atoms with E-state index in [9.17, 15) is 33.1 Å². The summed E-state index contributed by atoms with van der Waals surface area (Å²) >= 11 is 0. The van der Waals surface area contributed by atoms with Gasteiger partial charge in [-0.05, 0) is 109 Å². The third-order valence-electron chi connectivity index (χ3n) is 10.3. The first-order valence-corrected chi connectivity index (χ1v) is 26.3. The van der Waals surface area contributed by atoms with Crippen molar-refractivity contribution >= 4 is 16.4 Å². The molecular weight excluding hydrogens is 885 g/mol. The van der Waals surface area contributed by atoms with Crippen LogP contribution in [-0.2, 0) is 38.3 Å². The molecule has 1 fully saturated rings. The molecule has 0 aromatic rings. The van der Waals surface area contributed by atoms with Crippen LogP contribution in [0.3, 0.4) is 0 Å². The maximum atomic E-state index is 12.9. The summed E-state index contributed by atoms with van der Waals surface area (Å²) in [5, 5.41) is 30.7. The number of aliphatic hydroxyl groups is 3. The van der Waals surface area contributed by atoms with Crippen LogP contribution >= 0.6 is 0 Å². The van der Waals surface area contributed by atoms with E-state index in [2.05, 4.69) is 152 Å². The van der Waals surface area contributed by atoms with Crippen LogP contribution in [0, 0.1) is 0 Å². The van der Waals surface area contributed by atoms with Gasteiger partial charge in [0.2, 0.25) is 0 Å². The minimum atomic E-state index is -5.08. The van der Waals surface area contributed by atoms with E-state index in [0.29, 0.717) is 13.0 Å². The largest absolute Gasteiger partial charge is 0.457 e. The lowest BCUT2D eigenvalue weighted by Crippen LogP contribution is -2.60. The van der Waals surface area contributed by atoms with Crippen molar-refractivity contribution < 1.29 is 56.2 Å². The molecular formula is C55H86O12S. The number of carbonyl (C=O) groups is 1. The Kier molecular flexibility index (Phi) is 40.7. The molecule has 0 aliphatic carbocycles. The van der Waals surface area contributed by atoms with Gasteiger partial charge in [-0.3, -0.25) is 9.35 Å². The molecule has 1 aliphatic heterocycles. The van der Waals surface area contributed by atoms with Gasteiger partial charge in [0.25, 0.3) is 0 Å². The number of unbranched alkanes of at least 4 members (excludes halogenated alkanes) is 6. The number of esters is 1. The van der Waals surface area contributed by atoms with Crippen molar-refractivity contribution in [1.82, 2.24) is 0 Å². The van der Waals surface area contributed by atoms with E-state index in [1.807, 2.05) is 0 Å². The third kappa shape index (κ3) is 37.2. The molecule has 1 rings (SSSR count). The summed E-state index contributed by atoms with van der Waals surface area (Å²) in [4.78, 5) is 12.9. The molecule has 13 heteroatoms. The second-order valence-electron chi connectivity index (χ2n) is 16.3. The van der Waals surface area contributed by atoms with Gasteiger partial charge in [-0.25, -0.2) is 4.18 Å². The quantitative estimate of drug-likeness (QED) is 0.0198. The van der Waals surface area contributed by atoms with Crippen molar-refractivity contribution in [1.29, 1.82) is 0 Å². The normalized spacial score (nSPS) is 20.5. The summed E-state index contributed by atoms with van der Waals surface area (Å²) in [6, 6.07) is 0. The maximum Gasteiger partial charge on any atom is 0.397 e. The van der Waals surface area contributed by atoms with Gasteiger partial charge >= 0.3 is 16.4 Å². The van der Waals surface area contributed by atoms with Crippen molar-refractivity contribution in [3.8, 4) is 0 Å². The number of hydrogen-bond donors (Lipinski definition) is 4. The lowest BCUT2D eigenvalue weighted by Gasteiger charge is -2.41. The predicted octanol–water partition coefficient (Wildman–Crippen LogP) is 11.5. The number of ether oxygens (including phenoxy) is 4. The molecule has 1 saturated heterocycles. The van der Waals surface area contributed by atoms with Crippen LogP contribution in [0.15, 0.2) is 134 Å². The molecule has 384 valence electrons. The highest BCUT2D eigenvalue weighted by atomic mass is 32.3. The molecule has 6 atom stereocenters. The van der Waals surface area contributed by atoms with Crippen LogP contribution in [0.5, 0.6) is 0 Å². The van der Waals surface area contributed by atoms with Gasteiger partial charge in [-0.2, -0.15) is 8.42 Å². The average Bonchev–Trinajstić information content (AvgIpc) is 3.31. The highest BCUT2D eigenvalue weighted by Gasteiger charge is 2.48. The molecule has 1 aliphatic rings. The zero-order chi connectivity index (χ0) is 49.6. The maximum absolute atomic E-state index is 12.9. The van der Waals surface area contributed by atoms with Gasteiger partial charge in [-0.15, -0.1) is 0 Å². The zero-order valence-electron chi connectivity index (χ0n) is 41.1. The van der Waals surface area contributed by atoms with E-state index in [0.717, 1.165) is 116 Å². The standard InChI is InChI=1S/C55H86O12S/c1-3-5-7-9-11-13-15-17-19-21-23-25-26-28-30-32-34-36-38-40-42-44-51(57)65-49(48-64-55-53(59)54(67-68(60,61)62)52(58)50(46-56)66-55)47-63-45-43-41-39-37-35-33-31-29-27-24-22-20-18-16-14-12-10-8-6-4-2/h5-8,11-14,17-20,23-25,27-28,30-31,33-34,36,49-50,52-56,58-59H,3-4,9-10,15-16,21-22,26,29,32,35,37-48H2,1-2H3,(H,60,61,62)/b7-5-,8-6-,13-11-,14-12-,19-17-,20-18-,25-23-,27-24-,30-28-,33-31-,36-34-. The van der Waals surface area contributed by atoms with E-state index in [4.69, 9.17) is 18.9 Å². The Balaban J connectivity index is 2.46. The topological polar surface area (TPSA) is 178 Å². The van der Waals surface area contributed by atoms with Crippen molar-refractivity contribution in [2.45, 2.75) is 179 Å². The fourth-order valence-electron chi connectivity index (χ4n) is 6.58. The molecule has 1 heterocycles. The van der Waals surface area contributed by atoms with Gasteiger partial charge < -0.3 is 34.3 Å². The molecule has 68 heavy (non-hydrogen) atoms. The van der Waals surface area contributed by atoms with E-state index in [1.54, 1.807) is 0 Å². The Morgan fingerprint density at radius 2 is 0.971 bits per heavy atom. The fourth-order valence-corrected chi connectivity index (χ4v) is 7.09. The molecule has 4 N–H and O–H groups in total.